The Hall–Kier alpha value is -1.94. The van der Waals surface area contributed by atoms with Gasteiger partial charge in [0.2, 0.25) is 0 Å². The van der Waals surface area contributed by atoms with E-state index in [1.165, 1.54) is 23.3 Å². The van der Waals surface area contributed by atoms with E-state index in [-0.39, 0.29) is 5.82 Å². The lowest BCUT2D eigenvalue weighted by Gasteiger charge is -2.12. The molecule has 2 aromatic carbocycles. The summed E-state index contributed by atoms with van der Waals surface area (Å²) in [6, 6.07) is 12.7. The summed E-state index contributed by atoms with van der Waals surface area (Å²) in [5.74, 6) is -0.210. The molecule has 21 heavy (non-hydrogen) atoms. The van der Waals surface area contributed by atoms with Crippen molar-refractivity contribution in [2.45, 2.75) is 20.3 Å². The number of benzene rings is 2. The summed E-state index contributed by atoms with van der Waals surface area (Å²) in [6.07, 6.45) is 0.801. The highest BCUT2D eigenvalue weighted by Crippen LogP contribution is 2.13. The van der Waals surface area contributed by atoms with Crippen molar-refractivity contribution in [2.24, 2.45) is 0 Å². The van der Waals surface area contributed by atoms with Crippen molar-refractivity contribution in [1.82, 2.24) is 5.32 Å². The maximum Gasteiger partial charge on any atom is 0.170 e. The molecule has 4 heteroatoms. The summed E-state index contributed by atoms with van der Waals surface area (Å²) in [6.45, 7) is 4.87. The lowest BCUT2D eigenvalue weighted by atomic mass is 10.1. The third kappa shape index (κ3) is 4.83. The van der Waals surface area contributed by atoms with Gasteiger partial charge in [-0.25, -0.2) is 4.39 Å². The van der Waals surface area contributed by atoms with E-state index in [4.69, 9.17) is 12.2 Å². The van der Waals surface area contributed by atoms with Crippen LogP contribution in [0.1, 0.15) is 16.7 Å². The Morgan fingerprint density at radius 3 is 2.43 bits per heavy atom. The van der Waals surface area contributed by atoms with Crippen LogP contribution in [0.3, 0.4) is 0 Å². The molecule has 0 amide bonds. The number of halogens is 1. The van der Waals surface area contributed by atoms with Crippen LogP contribution in [0, 0.1) is 19.7 Å². The van der Waals surface area contributed by atoms with Gasteiger partial charge in [-0.1, -0.05) is 18.2 Å². The van der Waals surface area contributed by atoms with E-state index in [2.05, 4.69) is 36.6 Å². The fraction of sp³-hybridized carbons (Fsp3) is 0.235. The Morgan fingerprint density at radius 1 is 1.05 bits per heavy atom. The molecule has 2 rings (SSSR count). The minimum atomic E-state index is -0.210. The summed E-state index contributed by atoms with van der Waals surface area (Å²) in [4.78, 5) is 0. The molecule has 0 saturated carbocycles. The number of anilines is 1. The van der Waals surface area contributed by atoms with Gasteiger partial charge in [0.15, 0.2) is 5.11 Å². The first-order valence-corrected chi connectivity index (χ1v) is 7.32. The zero-order chi connectivity index (χ0) is 15.2. The first-order chi connectivity index (χ1) is 10.0. The van der Waals surface area contributed by atoms with E-state index >= 15 is 0 Å². The van der Waals surface area contributed by atoms with Gasteiger partial charge in [0.25, 0.3) is 0 Å². The van der Waals surface area contributed by atoms with E-state index in [1.54, 1.807) is 12.1 Å². The quantitative estimate of drug-likeness (QED) is 0.836. The zero-order valence-corrected chi connectivity index (χ0v) is 13.1. The van der Waals surface area contributed by atoms with Gasteiger partial charge in [0.1, 0.15) is 5.82 Å². The standard InChI is InChI=1S/C17H19FN2S/c1-12-3-8-16(11-13(12)2)20-17(21)19-10-9-14-4-6-15(18)7-5-14/h3-8,11H,9-10H2,1-2H3,(H2,19,20,21). The van der Waals surface area contributed by atoms with Crippen LogP contribution in [0.25, 0.3) is 0 Å². The molecule has 0 heterocycles. The average molecular weight is 302 g/mol. The molecule has 110 valence electrons. The predicted molar refractivity (Wildman–Crippen MR) is 90.2 cm³/mol. The van der Waals surface area contributed by atoms with Crippen LogP contribution in [0.5, 0.6) is 0 Å². The van der Waals surface area contributed by atoms with Crippen LogP contribution in [0.15, 0.2) is 42.5 Å². The molecule has 2 aromatic rings. The highest BCUT2D eigenvalue weighted by Gasteiger charge is 2.00. The average Bonchev–Trinajstić information content (AvgIpc) is 2.45. The van der Waals surface area contributed by atoms with Gasteiger partial charge in [-0.15, -0.1) is 0 Å². The molecule has 0 aliphatic carbocycles. The number of hydrogen-bond acceptors (Lipinski definition) is 1. The van der Waals surface area contributed by atoms with Gasteiger partial charge in [0.05, 0.1) is 0 Å². The Kier molecular flexibility index (Phi) is 5.28. The smallest absolute Gasteiger partial charge is 0.170 e. The molecular formula is C17H19FN2S. The Bertz CT molecular complexity index is 623. The van der Waals surface area contributed by atoms with Crippen molar-refractivity contribution in [2.75, 3.05) is 11.9 Å². The van der Waals surface area contributed by atoms with E-state index in [9.17, 15) is 4.39 Å². The fourth-order valence-electron chi connectivity index (χ4n) is 1.97. The number of thiocarbonyl (C=S) groups is 1. The van der Waals surface area contributed by atoms with Crippen LogP contribution >= 0.6 is 12.2 Å². The van der Waals surface area contributed by atoms with Crippen molar-refractivity contribution >= 4 is 23.0 Å². The summed E-state index contributed by atoms with van der Waals surface area (Å²) in [7, 11) is 0. The fourth-order valence-corrected chi connectivity index (χ4v) is 2.19. The third-order valence-corrected chi connectivity index (χ3v) is 3.62. The van der Waals surface area contributed by atoms with Gasteiger partial charge in [-0.2, -0.15) is 0 Å². The second-order valence-electron chi connectivity index (χ2n) is 5.06. The van der Waals surface area contributed by atoms with Gasteiger partial charge >= 0.3 is 0 Å². The van der Waals surface area contributed by atoms with E-state index in [0.29, 0.717) is 11.7 Å². The Morgan fingerprint density at radius 2 is 1.76 bits per heavy atom. The summed E-state index contributed by atoms with van der Waals surface area (Å²) in [5, 5.41) is 6.92. The molecule has 0 aromatic heterocycles. The van der Waals surface area contributed by atoms with Crippen molar-refractivity contribution in [3.8, 4) is 0 Å². The molecule has 0 aliphatic rings. The molecular weight excluding hydrogens is 283 g/mol. The summed E-state index contributed by atoms with van der Waals surface area (Å²) < 4.78 is 12.8. The lowest BCUT2D eigenvalue weighted by molar-refractivity contribution is 0.627. The molecule has 0 spiro atoms. The molecule has 0 aliphatic heterocycles. The van der Waals surface area contributed by atoms with E-state index < -0.39 is 0 Å². The Labute approximate surface area is 130 Å². The van der Waals surface area contributed by atoms with Crippen LogP contribution in [0.2, 0.25) is 0 Å². The molecule has 0 fully saturated rings. The first-order valence-electron chi connectivity index (χ1n) is 6.91. The SMILES string of the molecule is Cc1ccc(NC(=S)NCCc2ccc(F)cc2)cc1C. The van der Waals surface area contributed by atoms with Gasteiger partial charge in [0, 0.05) is 12.2 Å². The minimum absolute atomic E-state index is 0.210. The molecule has 0 unspecified atom stereocenters. The second-order valence-corrected chi connectivity index (χ2v) is 5.46. The lowest BCUT2D eigenvalue weighted by Crippen LogP contribution is -2.30. The molecule has 2 N–H and O–H groups in total. The second kappa shape index (κ2) is 7.18. The summed E-state index contributed by atoms with van der Waals surface area (Å²) >= 11 is 5.27. The third-order valence-electron chi connectivity index (χ3n) is 3.38. The number of aryl methyl sites for hydroxylation is 2. The van der Waals surface area contributed by atoms with Crippen molar-refractivity contribution in [3.05, 3.63) is 65.0 Å². The largest absolute Gasteiger partial charge is 0.362 e. The molecule has 0 bridgehead atoms. The van der Waals surface area contributed by atoms with Crippen LogP contribution in [-0.2, 0) is 6.42 Å². The highest BCUT2D eigenvalue weighted by molar-refractivity contribution is 7.80. The number of nitrogens with one attached hydrogen (secondary N) is 2. The predicted octanol–water partition coefficient (Wildman–Crippen LogP) is 3.97. The van der Waals surface area contributed by atoms with E-state index in [0.717, 1.165) is 17.7 Å². The van der Waals surface area contributed by atoms with Crippen molar-refractivity contribution in [1.29, 1.82) is 0 Å². The first kappa shape index (κ1) is 15.4. The van der Waals surface area contributed by atoms with Crippen molar-refractivity contribution in [3.63, 3.8) is 0 Å². The molecule has 2 nitrogen and oxygen atoms in total. The van der Waals surface area contributed by atoms with Gasteiger partial charge in [-0.3, -0.25) is 0 Å². The maximum atomic E-state index is 12.8. The zero-order valence-electron chi connectivity index (χ0n) is 12.2. The topological polar surface area (TPSA) is 24.1 Å². The van der Waals surface area contributed by atoms with Crippen LogP contribution in [-0.4, -0.2) is 11.7 Å². The van der Waals surface area contributed by atoms with Crippen LogP contribution in [0.4, 0.5) is 10.1 Å². The van der Waals surface area contributed by atoms with Crippen molar-refractivity contribution < 1.29 is 4.39 Å². The molecule has 0 radical (unpaired) electrons. The maximum absolute atomic E-state index is 12.8. The van der Waals surface area contributed by atoms with Crippen LogP contribution < -0.4 is 10.6 Å². The van der Waals surface area contributed by atoms with Gasteiger partial charge < -0.3 is 10.6 Å². The van der Waals surface area contributed by atoms with E-state index in [1.807, 2.05) is 6.07 Å². The number of rotatable bonds is 4. The highest BCUT2D eigenvalue weighted by atomic mass is 32.1. The minimum Gasteiger partial charge on any atom is -0.362 e. The summed E-state index contributed by atoms with van der Waals surface area (Å²) in [5.41, 5.74) is 4.56. The normalized spacial score (nSPS) is 10.2. The monoisotopic (exact) mass is 302 g/mol. The number of hydrogen-bond donors (Lipinski definition) is 2. The van der Waals surface area contributed by atoms with Gasteiger partial charge in [-0.05, 0) is 73.4 Å². The Balaban J connectivity index is 1.79. The molecule has 0 saturated heterocycles. The molecule has 0 atom stereocenters.